The fourth-order valence-corrected chi connectivity index (χ4v) is 8.18. The van der Waals surface area contributed by atoms with Gasteiger partial charge < -0.3 is 55.7 Å². The van der Waals surface area contributed by atoms with Crippen LogP contribution in [0, 0.1) is 11.8 Å². The minimum atomic E-state index is -1.90. The molecule has 1 aromatic rings. The summed E-state index contributed by atoms with van der Waals surface area (Å²) in [6, 6.07) is 1.27. The maximum atomic E-state index is 14.7. The number of hydrogen-bond acceptors (Lipinski definition) is 12. The van der Waals surface area contributed by atoms with Gasteiger partial charge >= 0.3 is 12.1 Å². The molecule has 2 aliphatic rings. The Morgan fingerprint density at radius 2 is 1.37 bits per heavy atom. The Bertz CT molecular complexity index is 1930. The monoisotopic (exact) mass is 1030 g/mol. The van der Waals surface area contributed by atoms with Crippen LogP contribution in [-0.4, -0.2) is 153 Å². The molecule has 6 amide bonds. The standard InChI is InChI=1S/C46H68Cl3N7O11S/c1-9-27(4)35(54-44(64)66-26-46(47,48)49)39(60)51-32(25-67-45(6,7)11-3)38(59)50-30(23-29-17-13-12-14-18-29)41(61)55-21-15-19-33(55)40(68)52-31(24-57)37(58)53-36(28(5)10-2)42(62)56-22-16-20-34(56)43(63)65-8/h11-14,17-18,27-28,30-36,57H,3,9-10,15-16,19-26H2,1-2,4-8H3,(H,50,59)(H,51,60)(H,52,68)(H,53,58)(H,54,64)/t27-,28-,30-,31-,32-,33-,34-,35-,36-/m0/s1. The maximum absolute atomic E-state index is 14.7. The van der Waals surface area contributed by atoms with Gasteiger partial charge in [0.15, 0.2) is 0 Å². The normalized spacial score (nSPS) is 19.2. The van der Waals surface area contributed by atoms with Crippen LogP contribution in [0.25, 0.3) is 0 Å². The van der Waals surface area contributed by atoms with Crippen molar-refractivity contribution in [1.29, 1.82) is 0 Å². The summed E-state index contributed by atoms with van der Waals surface area (Å²) < 4.78 is 14.0. The number of nitrogens with one attached hydrogen (secondary N) is 5. The molecule has 0 aromatic heterocycles. The number of methoxy groups -OCH3 is 1. The predicted molar refractivity (Wildman–Crippen MR) is 262 cm³/mol. The molecule has 1 aromatic carbocycles. The van der Waals surface area contributed by atoms with Gasteiger partial charge in [-0.05, 0) is 56.9 Å². The van der Waals surface area contributed by atoms with Gasteiger partial charge in [0.05, 0.1) is 37.0 Å². The fourth-order valence-electron chi connectivity index (χ4n) is 7.63. The Morgan fingerprint density at radius 3 is 1.93 bits per heavy atom. The van der Waals surface area contributed by atoms with E-state index in [0.717, 1.165) is 0 Å². The quantitative estimate of drug-likeness (QED) is 0.0376. The summed E-state index contributed by atoms with van der Waals surface area (Å²) in [4.78, 5) is 98.9. The zero-order valence-corrected chi connectivity index (χ0v) is 42.9. The maximum Gasteiger partial charge on any atom is 0.407 e. The fraction of sp³-hybridized carbons (Fsp3) is 0.652. The van der Waals surface area contributed by atoms with Crippen molar-refractivity contribution in [2.24, 2.45) is 11.8 Å². The number of alkyl carbamates (subject to hydrolysis) is 1. The molecule has 0 unspecified atom stereocenters. The zero-order valence-electron chi connectivity index (χ0n) is 39.8. The molecule has 9 atom stereocenters. The van der Waals surface area contributed by atoms with Crippen LogP contribution in [0.1, 0.15) is 85.6 Å². The number of rotatable bonds is 24. The topological polar surface area (TPSA) is 234 Å². The van der Waals surface area contributed by atoms with E-state index >= 15 is 0 Å². The second-order valence-electron chi connectivity index (χ2n) is 17.6. The van der Waals surface area contributed by atoms with E-state index in [0.29, 0.717) is 50.6 Å². The van der Waals surface area contributed by atoms with E-state index in [1.807, 2.05) is 6.92 Å². The number of nitrogens with zero attached hydrogens (tertiary/aromatic N) is 2. The highest BCUT2D eigenvalue weighted by Gasteiger charge is 2.42. The molecule has 2 aliphatic heterocycles. The number of esters is 1. The number of halogens is 3. The summed E-state index contributed by atoms with van der Waals surface area (Å²) in [6.07, 6.45) is 3.38. The van der Waals surface area contributed by atoms with Crippen molar-refractivity contribution in [3.8, 4) is 0 Å². The number of aliphatic hydroxyl groups is 1. The number of ether oxygens (including phenoxy) is 3. The average Bonchev–Trinajstić information content (AvgIpc) is 4.02. The lowest BCUT2D eigenvalue weighted by atomic mass is 9.97. The first-order chi connectivity index (χ1) is 32.0. The van der Waals surface area contributed by atoms with E-state index in [4.69, 9.17) is 61.2 Å². The number of benzene rings is 1. The second kappa shape index (κ2) is 27.2. The van der Waals surface area contributed by atoms with Gasteiger partial charge in [-0.25, -0.2) is 9.59 Å². The Kier molecular flexibility index (Phi) is 23.2. The molecule has 0 aliphatic carbocycles. The van der Waals surface area contributed by atoms with Gasteiger partial charge in [-0.15, -0.1) is 6.58 Å². The zero-order chi connectivity index (χ0) is 50.9. The molecule has 0 spiro atoms. The van der Waals surface area contributed by atoms with Crippen molar-refractivity contribution in [3.05, 3.63) is 48.6 Å². The number of alkyl halides is 3. The molecule has 68 heavy (non-hydrogen) atoms. The van der Waals surface area contributed by atoms with Crippen molar-refractivity contribution in [3.63, 3.8) is 0 Å². The van der Waals surface area contributed by atoms with Crippen LogP contribution in [0.2, 0.25) is 0 Å². The van der Waals surface area contributed by atoms with Gasteiger partial charge in [-0.3, -0.25) is 24.0 Å². The van der Waals surface area contributed by atoms with E-state index in [-0.39, 0.29) is 30.5 Å². The third-order valence-electron chi connectivity index (χ3n) is 12.2. The van der Waals surface area contributed by atoms with Crippen LogP contribution in [0.5, 0.6) is 0 Å². The molecule has 22 heteroatoms. The largest absolute Gasteiger partial charge is 0.467 e. The van der Waals surface area contributed by atoms with Crippen LogP contribution in [0.15, 0.2) is 43.0 Å². The molecule has 2 heterocycles. The molecular weight excluding hydrogens is 965 g/mol. The summed E-state index contributed by atoms with van der Waals surface area (Å²) in [7, 11) is 1.25. The number of hydrogen-bond donors (Lipinski definition) is 6. The molecular formula is C46H68Cl3N7O11S. The molecule has 0 radical (unpaired) electrons. The first kappa shape index (κ1) is 58.0. The first-order valence-electron chi connectivity index (χ1n) is 22.8. The van der Waals surface area contributed by atoms with Gasteiger partial charge in [-0.1, -0.05) is 124 Å². The first-order valence-corrected chi connectivity index (χ1v) is 24.4. The summed E-state index contributed by atoms with van der Waals surface area (Å²) >= 11 is 23.0. The molecule has 2 saturated heterocycles. The number of carbonyl (C=O) groups is 7. The van der Waals surface area contributed by atoms with Gasteiger partial charge in [-0.2, -0.15) is 0 Å². The number of thiocarbonyl (C=S) groups is 1. The minimum absolute atomic E-state index is 0.0289. The minimum Gasteiger partial charge on any atom is -0.467 e. The third kappa shape index (κ3) is 17.3. The van der Waals surface area contributed by atoms with Crippen LogP contribution in [0.3, 0.4) is 0 Å². The Balaban J connectivity index is 1.88. The Morgan fingerprint density at radius 1 is 0.809 bits per heavy atom. The van der Waals surface area contributed by atoms with Crippen molar-refractivity contribution in [1.82, 2.24) is 36.4 Å². The van der Waals surface area contributed by atoms with Crippen molar-refractivity contribution < 1.29 is 52.9 Å². The van der Waals surface area contributed by atoms with Crippen molar-refractivity contribution in [2.45, 2.75) is 138 Å². The number of likely N-dealkylation sites (tertiary alicyclic amines) is 2. The highest BCUT2D eigenvalue weighted by atomic mass is 35.6. The highest BCUT2D eigenvalue weighted by molar-refractivity contribution is 7.80. The lowest BCUT2D eigenvalue weighted by Crippen LogP contribution is -2.61. The van der Waals surface area contributed by atoms with Gasteiger partial charge in [0.25, 0.3) is 0 Å². The Labute approximate surface area is 419 Å². The second-order valence-corrected chi connectivity index (χ2v) is 20.6. The summed E-state index contributed by atoms with van der Waals surface area (Å²) in [6.45, 7) is 13.2. The van der Waals surface area contributed by atoms with E-state index in [2.05, 4.69) is 33.2 Å². The number of carbonyl (C=O) groups excluding carboxylic acids is 7. The highest BCUT2D eigenvalue weighted by Crippen LogP contribution is 2.27. The van der Waals surface area contributed by atoms with E-state index in [1.165, 1.54) is 23.0 Å². The molecule has 2 fully saturated rings. The van der Waals surface area contributed by atoms with Crippen LogP contribution in [0.4, 0.5) is 4.79 Å². The van der Waals surface area contributed by atoms with Crippen molar-refractivity contribution in [2.75, 3.05) is 40.0 Å². The van der Waals surface area contributed by atoms with Crippen LogP contribution >= 0.6 is 47.0 Å². The molecule has 6 N–H and O–H groups in total. The average molecular weight is 1030 g/mol. The van der Waals surface area contributed by atoms with Crippen molar-refractivity contribution >= 4 is 93.6 Å². The smallest absolute Gasteiger partial charge is 0.407 e. The summed E-state index contributed by atoms with van der Waals surface area (Å²) in [5.74, 6) is -4.55. The Hall–Kier alpha value is -4.27. The van der Waals surface area contributed by atoms with E-state index in [1.54, 1.807) is 65.0 Å². The van der Waals surface area contributed by atoms with E-state index < -0.39 is 112 Å². The molecule has 18 nitrogen and oxygen atoms in total. The lowest BCUT2D eigenvalue weighted by Gasteiger charge is -2.33. The van der Waals surface area contributed by atoms with Gasteiger partial charge in [0.2, 0.25) is 33.3 Å². The molecule has 0 saturated carbocycles. The molecule has 380 valence electrons. The number of aliphatic hydroxyl groups excluding tert-OH is 1. The molecule has 0 bridgehead atoms. The third-order valence-corrected chi connectivity index (χ3v) is 12.9. The van der Waals surface area contributed by atoms with Crippen LogP contribution in [-0.2, 0) is 49.4 Å². The van der Waals surface area contributed by atoms with Crippen LogP contribution < -0.4 is 26.6 Å². The van der Waals surface area contributed by atoms with E-state index in [9.17, 15) is 38.7 Å². The van der Waals surface area contributed by atoms with Gasteiger partial charge in [0, 0.05) is 19.5 Å². The lowest BCUT2D eigenvalue weighted by molar-refractivity contribution is -0.152. The summed E-state index contributed by atoms with van der Waals surface area (Å²) in [5.41, 5.74) is -0.241. The molecule has 3 rings (SSSR count). The number of amides is 6. The SMILES string of the molecule is C=CC(C)(C)OC[C@H](NC(=O)[C@@H](NC(=O)OCC(Cl)(Cl)Cl)[C@@H](C)CC)C(=O)N[C@@H](Cc1ccccc1)C(=O)N1CCC[C@H]1C(=S)N[C@@H](CO)C(=O)N[C@H](C(=O)N1CCC[C@H]1C(=O)OC)[C@@H](C)CC. The summed E-state index contributed by atoms with van der Waals surface area (Å²) in [5, 5.41) is 24.2. The predicted octanol–water partition coefficient (Wildman–Crippen LogP) is 3.65. The van der Waals surface area contributed by atoms with Gasteiger partial charge in [0.1, 0.15) is 42.9 Å².